The summed E-state index contributed by atoms with van der Waals surface area (Å²) in [5.74, 6) is -1.06. The van der Waals surface area contributed by atoms with Crippen molar-refractivity contribution in [3.05, 3.63) is 59.7 Å². The molecule has 34 heavy (non-hydrogen) atoms. The van der Waals surface area contributed by atoms with Crippen molar-refractivity contribution in [3.63, 3.8) is 0 Å². The molecule has 0 unspecified atom stereocenters. The van der Waals surface area contributed by atoms with E-state index in [4.69, 9.17) is 0 Å². The number of anilines is 2. The average molecular weight is 489 g/mol. The van der Waals surface area contributed by atoms with Gasteiger partial charge in [0.25, 0.3) is 0 Å². The van der Waals surface area contributed by atoms with Crippen LogP contribution < -0.4 is 14.9 Å². The maximum Gasteiger partial charge on any atom is 0.337 e. The Morgan fingerprint density at radius 1 is 1.03 bits per heavy atom. The first kappa shape index (κ1) is 25.5. The number of carboxylic acid groups (broad SMARTS) is 1. The lowest BCUT2D eigenvalue weighted by molar-refractivity contribution is -0.122. The van der Waals surface area contributed by atoms with Gasteiger partial charge in [0.15, 0.2) is 0 Å². The van der Waals surface area contributed by atoms with Gasteiger partial charge in [-0.3, -0.25) is 14.4 Å². The van der Waals surface area contributed by atoms with Gasteiger partial charge >= 0.3 is 5.97 Å². The van der Waals surface area contributed by atoms with Gasteiger partial charge in [0.05, 0.1) is 23.5 Å². The molecule has 1 aliphatic heterocycles. The Morgan fingerprint density at radius 3 is 2.32 bits per heavy atom. The highest BCUT2D eigenvalue weighted by molar-refractivity contribution is 7.91. The van der Waals surface area contributed by atoms with E-state index >= 15 is 0 Å². The third kappa shape index (κ3) is 7.46. The predicted molar refractivity (Wildman–Crippen MR) is 133 cm³/mol. The highest BCUT2D eigenvalue weighted by atomic mass is 32.2. The number of hydrogen-bond acceptors (Lipinski definition) is 6. The number of sulfonamides is 1. The van der Waals surface area contributed by atoms with E-state index in [0.29, 0.717) is 56.4 Å². The van der Waals surface area contributed by atoms with E-state index < -0.39 is 16.0 Å². The molecule has 1 saturated heterocycles. The zero-order chi connectivity index (χ0) is 24.7. The van der Waals surface area contributed by atoms with Crippen LogP contribution in [0, 0.1) is 5.92 Å². The minimum atomic E-state index is -3.78. The van der Waals surface area contributed by atoms with Crippen molar-refractivity contribution in [1.29, 1.82) is 0 Å². The van der Waals surface area contributed by atoms with Crippen LogP contribution in [0.15, 0.2) is 48.5 Å². The summed E-state index contributed by atoms with van der Waals surface area (Å²) < 4.78 is 27.6. The van der Waals surface area contributed by atoms with Gasteiger partial charge in [0.2, 0.25) is 15.9 Å². The number of benzene rings is 2. The quantitative estimate of drug-likeness (QED) is 0.469. The highest BCUT2D eigenvalue weighted by Gasteiger charge is 2.22. The number of amides is 1. The van der Waals surface area contributed by atoms with Crippen molar-refractivity contribution in [3.8, 4) is 0 Å². The summed E-state index contributed by atoms with van der Waals surface area (Å²) in [6.45, 7) is 7.69. The van der Waals surface area contributed by atoms with Crippen LogP contribution in [-0.4, -0.2) is 69.6 Å². The first-order chi connectivity index (χ1) is 16.1. The first-order valence-corrected chi connectivity index (χ1v) is 12.9. The minimum absolute atomic E-state index is 0.00227. The Bertz CT molecular complexity index is 1100. The number of carboxylic acids is 1. The molecule has 1 amide bonds. The number of hydrogen-bond donors (Lipinski definition) is 3. The molecule has 1 heterocycles. The Morgan fingerprint density at radius 2 is 1.71 bits per heavy atom. The van der Waals surface area contributed by atoms with E-state index in [1.807, 2.05) is 18.7 Å². The topological polar surface area (TPSA) is 119 Å². The molecule has 0 radical (unpaired) electrons. The summed E-state index contributed by atoms with van der Waals surface area (Å²) >= 11 is 0. The second-order valence-electron chi connectivity index (χ2n) is 8.84. The van der Waals surface area contributed by atoms with Crippen molar-refractivity contribution < 1.29 is 23.1 Å². The van der Waals surface area contributed by atoms with Crippen LogP contribution >= 0.6 is 0 Å². The summed E-state index contributed by atoms with van der Waals surface area (Å²) in [6, 6.07) is 13.4. The molecule has 0 saturated carbocycles. The predicted octanol–water partition coefficient (Wildman–Crippen LogP) is 2.22. The van der Waals surface area contributed by atoms with Crippen LogP contribution in [0.25, 0.3) is 0 Å². The van der Waals surface area contributed by atoms with Crippen LogP contribution in [-0.2, 0) is 20.6 Å². The third-order valence-corrected chi connectivity index (χ3v) is 6.75. The van der Waals surface area contributed by atoms with E-state index in [1.54, 1.807) is 36.4 Å². The van der Waals surface area contributed by atoms with Crippen LogP contribution in [0.3, 0.4) is 0 Å². The fourth-order valence-corrected chi connectivity index (χ4v) is 4.95. The second-order valence-corrected chi connectivity index (χ2v) is 10.6. The summed E-state index contributed by atoms with van der Waals surface area (Å²) in [7, 11) is -3.78. The van der Waals surface area contributed by atoms with E-state index in [1.165, 1.54) is 12.1 Å². The van der Waals surface area contributed by atoms with Crippen molar-refractivity contribution in [2.45, 2.75) is 19.6 Å². The lowest BCUT2D eigenvalue weighted by Crippen LogP contribution is -2.49. The Balaban J connectivity index is 1.63. The monoisotopic (exact) mass is 488 g/mol. The van der Waals surface area contributed by atoms with E-state index in [2.05, 4.69) is 14.9 Å². The van der Waals surface area contributed by atoms with Crippen molar-refractivity contribution in [1.82, 2.24) is 10.2 Å². The number of nitrogens with one attached hydrogen (secondary N) is 2. The van der Waals surface area contributed by atoms with Crippen molar-refractivity contribution in [2.75, 3.05) is 48.9 Å². The fourth-order valence-electron chi connectivity index (χ4n) is 3.73. The summed E-state index contributed by atoms with van der Waals surface area (Å²) in [5.41, 5.74) is 1.24. The Labute approximate surface area is 200 Å². The number of aromatic carboxylic acids is 1. The first-order valence-electron chi connectivity index (χ1n) is 11.3. The Kier molecular flexibility index (Phi) is 8.51. The van der Waals surface area contributed by atoms with Crippen LogP contribution in [0.1, 0.15) is 29.8 Å². The van der Waals surface area contributed by atoms with E-state index in [0.717, 1.165) is 0 Å². The summed E-state index contributed by atoms with van der Waals surface area (Å²) in [4.78, 5) is 28.0. The molecule has 0 spiro atoms. The number of carbonyl (C=O) groups is 2. The average Bonchev–Trinajstić information content (AvgIpc) is 2.78. The van der Waals surface area contributed by atoms with Crippen LogP contribution in [0.5, 0.6) is 0 Å². The summed E-state index contributed by atoms with van der Waals surface area (Å²) in [5, 5.41) is 12.6. The maximum atomic E-state index is 12.6. The molecule has 0 aliphatic carbocycles. The minimum Gasteiger partial charge on any atom is -0.478 e. The Hall–Kier alpha value is -3.11. The van der Waals surface area contributed by atoms with Gasteiger partial charge in [-0.15, -0.1) is 0 Å². The van der Waals surface area contributed by atoms with Gasteiger partial charge in [-0.1, -0.05) is 44.2 Å². The molecule has 9 nitrogen and oxygen atoms in total. The van der Waals surface area contributed by atoms with Gasteiger partial charge in [0.1, 0.15) is 0 Å². The van der Waals surface area contributed by atoms with Gasteiger partial charge in [0, 0.05) is 38.4 Å². The molecule has 10 heteroatoms. The van der Waals surface area contributed by atoms with E-state index in [-0.39, 0.29) is 22.9 Å². The molecule has 3 rings (SSSR count). The van der Waals surface area contributed by atoms with Gasteiger partial charge in [-0.2, -0.15) is 0 Å². The lowest BCUT2D eigenvalue weighted by atomic mass is 10.1. The normalized spacial score (nSPS) is 14.7. The molecule has 0 bridgehead atoms. The largest absolute Gasteiger partial charge is 0.478 e. The molecule has 1 fully saturated rings. The third-order valence-electron chi connectivity index (χ3n) is 5.51. The molecule has 0 aromatic heterocycles. The molecule has 1 aliphatic rings. The molecule has 3 N–H and O–H groups in total. The molecule has 2 aromatic rings. The number of rotatable bonds is 10. The van der Waals surface area contributed by atoms with Crippen LogP contribution in [0.2, 0.25) is 0 Å². The number of nitrogens with zero attached hydrogens (tertiary/aromatic N) is 2. The van der Waals surface area contributed by atoms with Crippen molar-refractivity contribution >= 4 is 33.3 Å². The van der Waals surface area contributed by atoms with Gasteiger partial charge in [-0.05, 0) is 29.7 Å². The van der Waals surface area contributed by atoms with Crippen molar-refractivity contribution in [2.24, 2.45) is 5.92 Å². The fraction of sp³-hybridized carbons (Fsp3) is 0.417. The smallest absolute Gasteiger partial charge is 0.337 e. The van der Waals surface area contributed by atoms with E-state index in [9.17, 15) is 23.1 Å². The maximum absolute atomic E-state index is 12.6. The van der Waals surface area contributed by atoms with Crippen LogP contribution in [0.4, 0.5) is 11.4 Å². The molecule has 0 atom stereocenters. The SMILES string of the molecule is CC(C)CNC(=O)CN1CCN(c2ccc(NS(=O)(=O)Cc3ccccc3)c(C(=O)O)c2)CC1. The second kappa shape index (κ2) is 11.3. The lowest BCUT2D eigenvalue weighted by Gasteiger charge is -2.36. The molecular formula is C24H32N4O5S. The molecule has 184 valence electrons. The number of piperazine rings is 1. The highest BCUT2D eigenvalue weighted by Crippen LogP contribution is 2.26. The van der Waals surface area contributed by atoms with Gasteiger partial charge < -0.3 is 15.3 Å². The molecule has 2 aromatic carbocycles. The standard InChI is InChI=1S/C24H32N4O5S/c1-18(2)15-25-23(29)16-27-10-12-28(13-11-27)20-8-9-22(21(14-20)24(30)31)26-34(32,33)17-19-6-4-3-5-7-19/h3-9,14,18,26H,10-13,15-17H2,1-2H3,(H,25,29)(H,30,31). The zero-order valence-electron chi connectivity index (χ0n) is 19.5. The van der Waals surface area contributed by atoms with Gasteiger partial charge in [-0.25, -0.2) is 13.2 Å². The molecular weight excluding hydrogens is 456 g/mol. The summed E-state index contributed by atoms with van der Waals surface area (Å²) in [6.07, 6.45) is 0. The number of carbonyl (C=O) groups excluding carboxylic acids is 1. The zero-order valence-corrected chi connectivity index (χ0v) is 20.3.